The molecule has 1 heterocycles. The molecule has 0 amide bonds. The summed E-state index contributed by atoms with van der Waals surface area (Å²) in [6.07, 6.45) is 2.11. The summed E-state index contributed by atoms with van der Waals surface area (Å²) in [4.78, 5) is 4.11. The predicted molar refractivity (Wildman–Crippen MR) is 57.7 cm³/mol. The Hall–Kier alpha value is -1.32. The molecule has 0 bridgehead atoms. The van der Waals surface area contributed by atoms with Gasteiger partial charge in [0.15, 0.2) is 0 Å². The SMILES string of the molecule is OCCc1cnc(-c2ccc(Cl)cc2)o1. The van der Waals surface area contributed by atoms with E-state index in [0.29, 0.717) is 23.1 Å². The number of nitrogens with zero attached hydrogens (tertiary/aromatic N) is 1. The maximum Gasteiger partial charge on any atom is 0.226 e. The zero-order valence-corrected chi connectivity index (χ0v) is 8.74. The Labute approximate surface area is 92.3 Å². The van der Waals surface area contributed by atoms with E-state index >= 15 is 0 Å². The van der Waals surface area contributed by atoms with E-state index in [1.807, 2.05) is 12.1 Å². The van der Waals surface area contributed by atoms with Crippen molar-refractivity contribution in [2.75, 3.05) is 6.61 Å². The van der Waals surface area contributed by atoms with Crippen LogP contribution in [0.5, 0.6) is 0 Å². The second-order valence-corrected chi connectivity index (χ2v) is 3.55. The molecule has 15 heavy (non-hydrogen) atoms. The minimum absolute atomic E-state index is 0.0647. The standard InChI is InChI=1S/C11H10ClNO2/c12-9-3-1-8(2-4-9)11-13-7-10(15-11)5-6-14/h1-4,7,14H,5-6H2. The van der Waals surface area contributed by atoms with Gasteiger partial charge in [-0.2, -0.15) is 0 Å². The molecule has 2 aromatic rings. The highest BCUT2D eigenvalue weighted by Gasteiger charge is 2.05. The molecule has 4 heteroatoms. The van der Waals surface area contributed by atoms with E-state index in [9.17, 15) is 0 Å². The van der Waals surface area contributed by atoms with Crippen molar-refractivity contribution in [2.45, 2.75) is 6.42 Å². The number of rotatable bonds is 3. The van der Waals surface area contributed by atoms with Gasteiger partial charge < -0.3 is 9.52 Å². The fourth-order valence-electron chi connectivity index (χ4n) is 1.26. The molecule has 1 N–H and O–H groups in total. The molecule has 0 saturated heterocycles. The van der Waals surface area contributed by atoms with Crippen LogP contribution in [0.2, 0.25) is 5.02 Å². The van der Waals surface area contributed by atoms with Crippen molar-refractivity contribution in [1.82, 2.24) is 4.98 Å². The van der Waals surface area contributed by atoms with Gasteiger partial charge in [0.05, 0.1) is 12.8 Å². The molecule has 0 unspecified atom stereocenters. The second-order valence-electron chi connectivity index (χ2n) is 3.11. The number of aliphatic hydroxyl groups excluding tert-OH is 1. The smallest absolute Gasteiger partial charge is 0.226 e. The van der Waals surface area contributed by atoms with Gasteiger partial charge in [0.25, 0.3) is 0 Å². The number of aliphatic hydroxyl groups is 1. The van der Waals surface area contributed by atoms with Gasteiger partial charge in [-0.3, -0.25) is 0 Å². The molecule has 2 rings (SSSR count). The van der Waals surface area contributed by atoms with E-state index in [1.165, 1.54) is 0 Å². The first-order valence-electron chi connectivity index (χ1n) is 4.61. The van der Waals surface area contributed by atoms with Crippen LogP contribution in [-0.2, 0) is 6.42 Å². The number of hydrogen-bond acceptors (Lipinski definition) is 3. The first kappa shape index (κ1) is 10.2. The molecule has 3 nitrogen and oxygen atoms in total. The van der Waals surface area contributed by atoms with Gasteiger partial charge in [0, 0.05) is 17.0 Å². The van der Waals surface area contributed by atoms with Gasteiger partial charge in [-0.15, -0.1) is 0 Å². The van der Waals surface area contributed by atoms with Crippen LogP contribution in [0.25, 0.3) is 11.5 Å². The minimum atomic E-state index is 0.0647. The molecule has 0 aliphatic heterocycles. The summed E-state index contributed by atoms with van der Waals surface area (Å²) < 4.78 is 5.44. The lowest BCUT2D eigenvalue weighted by Crippen LogP contribution is -1.86. The van der Waals surface area contributed by atoms with Gasteiger partial charge >= 0.3 is 0 Å². The van der Waals surface area contributed by atoms with Crippen LogP contribution < -0.4 is 0 Å². The van der Waals surface area contributed by atoms with E-state index in [-0.39, 0.29) is 6.61 Å². The largest absolute Gasteiger partial charge is 0.441 e. The van der Waals surface area contributed by atoms with Crippen molar-refractivity contribution >= 4 is 11.6 Å². The molecular weight excluding hydrogens is 214 g/mol. The molecule has 0 radical (unpaired) electrons. The average molecular weight is 224 g/mol. The van der Waals surface area contributed by atoms with Crippen LogP contribution in [0.4, 0.5) is 0 Å². The quantitative estimate of drug-likeness (QED) is 0.870. The fraction of sp³-hybridized carbons (Fsp3) is 0.182. The van der Waals surface area contributed by atoms with Crippen LogP contribution in [0.15, 0.2) is 34.9 Å². The monoisotopic (exact) mass is 223 g/mol. The third-order valence-electron chi connectivity index (χ3n) is 2.00. The first-order valence-corrected chi connectivity index (χ1v) is 4.99. The molecule has 0 aliphatic rings. The minimum Gasteiger partial charge on any atom is -0.441 e. The Balaban J connectivity index is 2.25. The Kier molecular flexibility index (Phi) is 3.04. The molecule has 0 aliphatic carbocycles. The zero-order valence-electron chi connectivity index (χ0n) is 7.98. The van der Waals surface area contributed by atoms with Gasteiger partial charge in [-0.05, 0) is 24.3 Å². The Morgan fingerprint density at radius 3 is 2.67 bits per heavy atom. The van der Waals surface area contributed by atoms with E-state index in [1.54, 1.807) is 18.3 Å². The topological polar surface area (TPSA) is 46.3 Å². The predicted octanol–water partition coefficient (Wildman–Crippen LogP) is 2.53. The summed E-state index contributed by atoms with van der Waals surface area (Å²) >= 11 is 5.77. The molecular formula is C11H10ClNO2. The van der Waals surface area contributed by atoms with Crippen LogP contribution in [-0.4, -0.2) is 16.7 Å². The Morgan fingerprint density at radius 2 is 2.00 bits per heavy atom. The van der Waals surface area contributed by atoms with Crippen molar-refractivity contribution in [3.05, 3.63) is 41.2 Å². The summed E-state index contributed by atoms with van der Waals surface area (Å²) in [5, 5.41) is 9.41. The maximum atomic E-state index is 8.73. The summed E-state index contributed by atoms with van der Waals surface area (Å²) in [5.41, 5.74) is 0.878. The summed E-state index contributed by atoms with van der Waals surface area (Å²) in [7, 11) is 0. The van der Waals surface area contributed by atoms with Crippen LogP contribution >= 0.6 is 11.6 Å². The molecule has 0 fully saturated rings. The summed E-state index contributed by atoms with van der Waals surface area (Å²) in [6, 6.07) is 7.26. The summed E-state index contributed by atoms with van der Waals surface area (Å²) in [6.45, 7) is 0.0647. The van der Waals surface area contributed by atoms with Crippen molar-refractivity contribution < 1.29 is 9.52 Å². The highest BCUT2D eigenvalue weighted by molar-refractivity contribution is 6.30. The third-order valence-corrected chi connectivity index (χ3v) is 2.25. The lowest BCUT2D eigenvalue weighted by molar-refractivity contribution is 0.288. The van der Waals surface area contributed by atoms with Crippen LogP contribution in [0, 0.1) is 0 Å². The molecule has 78 valence electrons. The average Bonchev–Trinajstić information content (AvgIpc) is 2.68. The Bertz CT molecular complexity index is 436. The third kappa shape index (κ3) is 2.37. The highest BCUT2D eigenvalue weighted by atomic mass is 35.5. The first-order chi connectivity index (χ1) is 7.29. The number of halogens is 1. The molecule has 0 spiro atoms. The number of oxazole rings is 1. The fourth-order valence-corrected chi connectivity index (χ4v) is 1.39. The van der Waals surface area contributed by atoms with Gasteiger partial charge in [-0.1, -0.05) is 11.6 Å². The van der Waals surface area contributed by atoms with E-state index < -0.39 is 0 Å². The normalized spacial score (nSPS) is 10.5. The molecule has 0 saturated carbocycles. The molecule has 1 aromatic heterocycles. The molecule has 0 atom stereocenters. The highest BCUT2D eigenvalue weighted by Crippen LogP contribution is 2.21. The van der Waals surface area contributed by atoms with Crippen molar-refractivity contribution in [3.8, 4) is 11.5 Å². The second kappa shape index (κ2) is 4.47. The number of benzene rings is 1. The van der Waals surface area contributed by atoms with Crippen molar-refractivity contribution in [2.24, 2.45) is 0 Å². The van der Waals surface area contributed by atoms with Crippen molar-refractivity contribution in [1.29, 1.82) is 0 Å². The van der Waals surface area contributed by atoms with Crippen LogP contribution in [0.3, 0.4) is 0 Å². The summed E-state index contributed by atoms with van der Waals surface area (Å²) in [5.74, 6) is 1.23. The lowest BCUT2D eigenvalue weighted by atomic mass is 10.2. The van der Waals surface area contributed by atoms with Gasteiger partial charge in [0.1, 0.15) is 5.76 Å². The van der Waals surface area contributed by atoms with Gasteiger partial charge in [-0.25, -0.2) is 4.98 Å². The van der Waals surface area contributed by atoms with Gasteiger partial charge in [0.2, 0.25) is 5.89 Å². The molecule has 1 aromatic carbocycles. The zero-order chi connectivity index (χ0) is 10.7. The number of hydrogen-bond donors (Lipinski definition) is 1. The van der Waals surface area contributed by atoms with E-state index in [0.717, 1.165) is 5.56 Å². The van der Waals surface area contributed by atoms with E-state index in [4.69, 9.17) is 21.1 Å². The van der Waals surface area contributed by atoms with E-state index in [2.05, 4.69) is 4.98 Å². The lowest BCUT2D eigenvalue weighted by Gasteiger charge is -1.95. The van der Waals surface area contributed by atoms with Crippen LogP contribution in [0.1, 0.15) is 5.76 Å². The number of aromatic nitrogens is 1. The maximum absolute atomic E-state index is 8.73. The van der Waals surface area contributed by atoms with Crippen molar-refractivity contribution in [3.63, 3.8) is 0 Å². The Morgan fingerprint density at radius 1 is 1.27 bits per heavy atom.